The van der Waals surface area contributed by atoms with Crippen LogP contribution in [0.3, 0.4) is 0 Å². The van der Waals surface area contributed by atoms with Gasteiger partial charge in [0.05, 0.1) is 5.56 Å². The molecule has 2 aromatic rings. The fourth-order valence-corrected chi connectivity index (χ4v) is 4.75. The van der Waals surface area contributed by atoms with Crippen molar-refractivity contribution in [2.75, 3.05) is 0 Å². The van der Waals surface area contributed by atoms with Gasteiger partial charge in [-0.15, -0.1) is 0 Å². The normalized spacial score (nSPS) is 22.3. The van der Waals surface area contributed by atoms with E-state index in [1.165, 1.54) is 68.0 Å². The van der Waals surface area contributed by atoms with Gasteiger partial charge in [-0.3, -0.25) is 0 Å². The summed E-state index contributed by atoms with van der Waals surface area (Å²) in [5, 5.41) is 0. The lowest BCUT2D eigenvalue weighted by atomic mass is 9.74. The Morgan fingerprint density at radius 1 is 0.926 bits per heavy atom. The molecule has 0 aliphatic heterocycles. The number of allylic oxidation sites excluding steroid dienone is 1. The van der Waals surface area contributed by atoms with Crippen molar-refractivity contribution in [1.82, 2.24) is 0 Å². The second kappa shape index (κ2) is 7.53. The molecule has 0 radical (unpaired) electrons. The number of hydrogen-bond donors (Lipinski definition) is 0. The van der Waals surface area contributed by atoms with E-state index in [1.807, 2.05) is 6.08 Å². The van der Waals surface area contributed by atoms with Crippen LogP contribution in [0.1, 0.15) is 56.6 Å². The van der Waals surface area contributed by atoms with Gasteiger partial charge >= 0.3 is 0 Å². The van der Waals surface area contributed by atoms with Gasteiger partial charge in [0, 0.05) is 0 Å². The Hall–Kier alpha value is -2.03. The molecule has 0 N–H and O–H groups in total. The fraction of sp³-hybridized carbons (Fsp3) is 0.417. The molecule has 2 aliphatic rings. The molecule has 0 atom stereocenters. The van der Waals surface area contributed by atoms with Crippen molar-refractivity contribution in [2.45, 2.75) is 51.9 Å². The standard InChI is InChI=1S/C24H25F3/c1-2-15-3-5-16(6-4-15)18-9-12-21-19(13-18)14-22(26)23(24(21)27)17-7-10-20(25)11-8-17/h7-8,10-11,13-16H,2-6,9,12H2,1H3. The number of rotatable bonds is 3. The Kier molecular flexibility index (Phi) is 5.12. The Bertz CT molecular complexity index is 856. The lowest BCUT2D eigenvalue weighted by molar-refractivity contribution is 0.292. The molecule has 0 bridgehead atoms. The van der Waals surface area contributed by atoms with Crippen LogP contribution in [0.2, 0.25) is 0 Å². The van der Waals surface area contributed by atoms with Gasteiger partial charge in [0.15, 0.2) is 0 Å². The highest BCUT2D eigenvalue weighted by molar-refractivity contribution is 5.71. The zero-order valence-electron chi connectivity index (χ0n) is 15.7. The fourth-order valence-electron chi connectivity index (χ4n) is 4.75. The SMILES string of the molecule is CCC1CCC(C2=Cc3cc(F)c(-c4ccc(F)cc4)c(F)c3CC2)CC1. The van der Waals surface area contributed by atoms with Crippen molar-refractivity contribution < 1.29 is 13.2 Å². The minimum Gasteiger partial charge on any atom is -0.207 e. The molecular weight excluding hydrogens is 345 g/mol. The van der Waals surface area contributed by atoms with E-state index in [-0.39, 0.29) is 5.56 Å². The third kappa shape index (κ3) is 3.56. The predicted octanol–water partition coefficient (Wildman–Crippen LogP) is 7.32. The lowest BCUT2D eigenvalue weighted by Gasteiger charge is -2.31. The van der Waals surface area contributed by atoms with Crippen LogP contribution in [0, 0.1) is 29.3 Å². The summed E-state index contributed by atoms with van der Waals surface area (Å²) in [7, 11) is 0. The number of hydrogen-bond acceptors (Lipinski definition) is 0. The van der Waals surface area contributed by atoms with Gasteiger partial charge in [-0.2, -0.15) is 0 Å². The van der Waals surface area contributed by atoms with E-state index in [0.717, 1.165) is 12.3 Å². The Morgan fingerprint density at radius 3 is 2.30 bits per heavy atom. The van der Waals surface area contributed by atoms with Crippen molar-refractivity contribution >= 4 is 6.08 Å². The Labute approximate surface area is 159 Å². The third-order valence-electron chi connectivity index (χ3n) is 6.44. The maximum atomic E-state index is 15.1. The van der Waals surface area contributed by atoms with Crippen LogP contribution in [0.25, 0.3) is 17.2 Å². The predicted molar refractivity (Wildman–Crippen MR) is 104 cm³/mol. The van der Waals surface area contributed by atoms with E-state index in [2.05, 4.69) is 6.92 Å². The van der Waals surface area contributed by atoms with Crippen LogP contribution in [0.4, 0.5) is 13.2 Å². The van der Waals surface area contributed by atoms with Gasteiger partial charge < -0.3 is 0 Å². The third-order valence-corrected chi connectivity index (χ3v) is 6.44. The summed E-state index contributed by atoms with van der Waals surface area (Å²) in [6, 6.07) is 6.78. The van der Waals surface area contributed by atoms with Gasteiger partial charge in [-0.1, -0.05) is 37.1 Å². The van der Waals surface area contributed by atoms with Crippen molar-refractivity contribution in [1.29, 1.82) is 0 Å². The van der Waals surface area contributed by atoms with E-state index in [0.29, 0.717) is 29.0 Å². The molecule has 4 rings (SSSR count). The van der Waals surface area contributed by atoms with Crippen molar-refractivity contribution in [3.05, 3.63) is 64.5 Å². The molecule has 0 amide bonds. The minimum atomic E-state index is -0.579. The molecule has 27 heavy (non-hydrogen) atoms. The molecule has 1 saturated carbocycles. The summed E-state index contributed by atoms with van der Waals surface area (Å²) >= 11 is 0. The molecular formula is C24H25F3. The molecule has 0 nitrogen and oxygen atoms in total. The van der Waals surface area contributed by atoms with Crippen LogP contribution in [0.15, 0.2) is 35.9 Å². The summed E-state index contributed by atoms with van der Waals surface area (Å²) < 4.78 is 43.0. The summed E-state index contributed by atoms with van der Waals surface area (Å²) in [4.78, 5) is 0. The average Bonchev–Trinajstić information content (AvgIpc) is 2.69. The van der Waals surface area contributed by atoms with Gasteiger partial charge in [-0.25, -0.2) is 13.2 Å². The van der Waals surface area contributed by atoms with Gasteiger partial charge in [0.25, 0.3) is 0 Å². The van der Waals surface area contributed by atoms with E-state index >= 15 is 4.39 Å². The number of halogens is 3. The molecule has 142 valence electrons. The monoisotopic (exact) mass is 370 g/mol. The second-order valence-electron chi connectivity index (χ2n) is 7.97. The molecule has 1 fully saturated rings. The highest BCUT2D eigenvalue weighted by atomic mass is 19.1. The molecule has 0 unspecified atom stereocenters. The molecule has 2 aromatic carbocycles. The van der Waals surface area contributed by atoms with E-state index in [9.17, 15) is 8.78 Å². The van der Waals surface area contributed by atoms with Gasteiger partial charge in [0.2, 0.25) is 0 Å². The Morgan fingerprint density at radius 2 is 1.63 bits per heavy atom. The van der Waals surface area contributed by atoms with E-state index < -0.39 is 17.5 Å². The molecule has 2 aliphatic carbocycles. The van der Waals surface area contributed by atoms with Gasteiger partial charge in [0.1, 0.15) is 17.5 Å². The molecule has 0 spiro atoms. The quantitative estimate of drug-likeness (QED) is 0.531. The van der Waals surface area contributed by atoms with E-state index in [4.69, 9.17) is 0 Å². The summed E-state index contributed by atoms with van der Waals surface area (Å²) in [6.07, 6.45) is 9.63. The summed E-state index contributed by atoms with van der Waals surface area (Å²) in [6.45, 7) is 2.26. The Balaban J connectivity index is 1.65. The largest absolute Gasteiger partial charge is 0.207 e. The lowest BCUT2D eigenvalue weighted by Crippen LogP contribution is -2.18. The van der Waals surface area contributed by atoms with Crippen LogP contribution in [-0.4, -0.2) is 0 Å². The number of benzene rings is 2. The molecule has 0 aromatic heterocycles. The highest BCUT2D eigenvalue weighted by Gasteiger charge is 2.27. The van der Waals surface area contributed by atoms with Crippen LogP contribution in [-0.2, 0) is 6.42 Å². The molecule has 0 heterocycles. The van der Waals surface area contributed by atoms with Crippen molar-refractivity contribution in [3.8, 4) is 11.1 Å². The van der Waals surface area contributed by atoms with Crippen molar-refractivity contribution in [2.24, 2.45) is 11.8 Å². The maximum absolute atomic E-state index is 15.1. The summed E-state index contributed by atoms with van der Waals surface area (Å²) in [5.41, 5.74) is 2.94. The smallest absolute Gasteiger partial charge is 0.137 e. The first kappa shape index (κ1) is 18.3. The van der Waals surface area contributed by atoms with Crippen LogP contribution < -0.4 is 0 Å². The first-order valence-electron chi connectivity index (χ1n) is 10.0. The zero-order chi connectivity index (χ0) is 19.0. The minimum absolute atomic E-state index is 0.0472. The first-order chi connectivity index (χ1) is 13.1. The maximum Gasteiger partial charge on any atom is 0.137 e. The second-order valence-corrected chi connectivity index (χ2v) is 7.97. The average molecular weight is 370 g/mol. The topological polar surface area (TPSA) is 0 Å². The van der Waals surface area contributed by atoms with E-state index in [1.54, 1.807) is 0 Å². The number of fused-ring (bicyclic) bond motifs is 1. The van der Waals surface area contributed by atoms with Crippen molar-refractivity contribution in [3.63, 3.8) is 0 Å². The first-order valence-corrected chi connectivity index (χ1v) is 10.0. The summed E-state index contributed by atoms with van der Waals surface area (Å²) in [5.74, 6) is -0.0933. The highest BCUT2D eigenvalue weighted by Crippen LogP contribution is 2.41. The van der Waals surface area contributed by atoms with Crippen LogP contribution in [0.5, 0.6) is 0 Å². The zero-order valence-corrected chi connectivity index (χ0v) is 15.7. The van der Waals surface area contributed by atoms with Crippen LogP contribution >= 0.6 is 0 Å². The van der Waals surface area contributed by atoms with Gasteiger partial charge in [-0.05, 0) is 85.3 Å². The molecule has 3 heteroatoms. The molecule has 0 saturated heterocycles.